The number of ether oxygens (including phenoxy) is 1. The second-order valence-corrected chi connectivity index (χ2v) is 10.4. The fourth-order valence-corrected chi connectivity index (χ4v) is 6.09. The summed E-state index contributed by atoms with van der Waals surface area (Å²) in [5.74, 6) is 1.55. The predicted molar refractivity (Wildman–Crippen MR) is 131 cm³/mol. The third-order valence-electron chi connectivity index (χ3n) is 6.83. The minimum absolute atomic E-state index is 0.0872. The Hall–Kier alpha value is -1.94. The zero-order valence-electron chi connectivity index (χ0n) is 19.2. The molecule has 1 saturated carbocycles. The second-order valence-electron chi connectivity index (χ2n) is 9.26. The Morgan fingerprint density at radius 3 is 2.38 bits per heavy atom. The molecule has 0 saturated heterocycles. The van der Waals surface area contributed by atoms with E-state index in [1.807, 2.05) is 18.2 Å². The number of aryl methyl sites for hydroxylation is 1. The minimum Gasteiger partial charge on any atom is -0.429 e. The lowest BCUT2D eigenvalue weighted by molar-refractivity contribution is -0.185. The summed E-state index contributed by atoms with van der Waals surface area (Å²) in [4.78, 5) is 1.30. The van der Waals surface area contributed by atoms with Crippen molar-refractivity contribution in [1.82, 2.24) is 0 Å². The Bertz CT molecular complexity index is 1000. The van der Waals surface area contributed by atoms with Gasteiger partial charge in [0.2, 0.25) is 0 Å². The molecule has 1 fully saturated rings. The number of benzene rings is 2. The second kappa shape index (κ2) is 10.3. The maximum absolute atomic E-state index is 14.9. The molecule has 0 aliphatic heterocycles. The minimum atomic E-state index is -3.35. The molecule has 1 aromatic heterocycles. The van der Waals surface area contributed by atoms with Crippen LogP contribution in [-0.2, 0) is 12.5 Å². The van der Waals surface area contributed by atoms with E-state index in [4.69, 9.17) is 4.74 Å². The molecule has 0 unspecified atom stereocenters. The third kappa shape index (κ3) is 5.51. The van der Waals surface area contributed by atoms with Crippen molar-refractivity contribution in [3.8, 4) is 5.75 Å². The number of rotatable bonds is 9. The van der Waals surface area contributed by atoms with E-state index in [0.717, 1.165) is 48.1 Å². The molecule has 0 bridgehead atoms. The van der Waals surface area contributed by atoms with Crippen LogP contribution >= 0.6 is 11.3 Å². The summed E-state index contributed by atoms with van der Waals surface area (Å²) in [6, 6.07) is 14.3. The van der Waals surface area contributed by atoms with E-state index in [1.165, 1.54) is 36.1 Å². The molecule has 3 aromatic rings. The first-order valence-corrected chi connectivity index (χ1v) is 13.0. The summed E-state index contributed by atoms with van der Waals surface area (Å²) < 4.78 is 36.0. The van der Waals surface area contributed by atoms with Crippen LogP contribution in [0.3, 0.4) is 0 Å². The number of unbranched alkanes of at least 4 members (excludes halogenated alkanes) is 1. The van der Waals surface area contributed by atoms with Crippen molar-refractivity contribution < 1.29 is 13.5 Å². The summed E-state index contributed by atoms with van der Waals surface area (Å²) in [6.45, 7) is 4.42. The van der Waals surface area contributed by atoms with Crippen LogP contribution in [0.1, 0.15) is 87.1 Å². The number of hydrogen-bond donors (Lipinski definition) is 0. The molecule has 1 aliphatic carbocycles. The van der Waals surface area contributed by atoms with Crippen LogP contribution in [0, 0.1) is 5.92 Å². The van der Waals surface area contributed by atoms with Crippen LogP contribution in [-0.4, -0.2) is 0 Å². The topological polar surface area (TPSA) is 9.23 Å². The Labute approximate surface area is 194 Å². The van der Waals surface area contributed by atoms with Crippen molar-refractivity contribution in [3.63, 3.8) is 0 Å². The van der Waals surface area contributed by atoms with Crippen molar-refractivity contribution >= 4 is 21.4 Å². The zero-order valence-corrected chi connectivity index (χ0v) is 20.0. The van der Waals surface area contributed by atoms with Crippen LogP contribution in [0.2, 0.25) is 0 Å². The molecule has 1 nitrogen and oxygen atoms in total. The molecule has 2 aromatic carbocycles. The van der Waals surface area contributed by atoms with E-state index >= 15 is 0 Å². The van der Waals surface area contributed by atoms with Gasteiger partial charge in [0.25, 0.3) is 0 Å². The molecule has 32 heavy (non-hydrogen) atoms. The van der Waals surface area contributed by atoms with Gasteiger partial charge in [-0.05, 0) is 97.7 Å². The van der Waals surface area contributed by atoms with E-state index in [0.29, 0.717) is 5.92 Å². The van der Waals surface area contributed by atoms with Crippen molar-refractivity contribution in [2.45, 2.75) is 83.7 Å². The number of fused-ring (bicyclic) bond motifs is 1. The van der Waals surface area contributed by atoms with Crippen LogP contribution in [0.5, 0.6) is 5.75 Å². The Kier molecular flexibility index (Phi) is 7.50. The van der Waals surface area contributed by atoms with Gasteiger partial charge in [-0.1, -0.05) is 45.2 Å². The number of alkyl halides is 2. The van der Waals surface area contributed by atoms with Gasteiger partial charge in [-0.2, -0.15) is 8.78 Å². The van der Waals surface area contributed by atoms with Gasteiger partial charge >= 0.3 is 6.11 Å². The Morgan fingerprint density at radius 2 is 1.69 bits per heavy atom. The molecule has 0 spiro atoms. The van der Waals surface area contributed by atoms with Gasteiger partial charge < -0.3 is 4.74 Å². The average Bonchev–Trinajstić information content (AvgIpc) is 3.20. The molecular formula is C28H34F2OS. The van der Waals surface area contributed by atoms with Gasteiger partial charge in [0.1, 0.15) is 5.75 Å². The number of hydrogen-bond acceptors (Lipinski definition) is 2. The molecule has 0 radical (unpaired) electrons. The largest absolute Gasteiger partial charge is 0.429 e. The number of halogens is 2. The van der Waals surface area contributed by atoms with Gasteiger partial charge in [0.05, 0.1) is 5.56 Å². The van der Waals surface area contributed by atoms with Crippen molar-refractivity contribution in [2.24, 2.45) is 5.92 Å². The van der Waals surface area contributed by atoms with Crippen LogP contribution in [0.4, 0.5) is 8.78 Å². The summed E-state index contributed by atoms with van der Waals surface area (Å²) >= 11 is 1.67. The maximum atomic E-state index is 14.9. The Balaban J connectivity index is 1.42. The van der Waals surface area contributed by atoms with Gasteiger partial charge in [0.15, 0.2) is 0 Å². The highest BCUT2D eigenvalue weighted by Gasteiger charge is 2.35. The number of thiophene rings is 1. The summed E-state index contributed by atoms with van der Waals surface area (Å²) in [5.41, 5.74) is 1.09. The predicted octanol–water partition coefficient (Wildman–Crippen LogP) is 9.45. The molecule has 1 heterocycles. The summed E-state index contributed by atoms with van der Waals surface area (Å²) in [6.07, 6.45) is 7.37. The maximum Gasteiger partial charge on any atom is 0.426 e. The van der Waals surface area contributed by atoms with Gasteiger partial charge in [0, 0.05) is 9.58 Å². The molecule has 4 heteroatoms. The van der Waals surface area contributed by atoms with Gasteiger partial charge in [-0.15, -0.1) is 11.3 Å². The quantitative estimate of drug-likeness (QED) is 0.311. The zero-order chi connectivity index (χ0) is 22.6. The fourth-order valence-electron chi connectivity index (χ4n) is 4.95. The first-order chi connectivity index (χ1) is 15.5. The van der Waals surface area contributed by atoms with E-state index in [1.54, 1.807) is 35.6 Å². The highest BCUT2D eigenvalue weighted by atomic mass is 32.1. The van der Waals surface area contributed by atoms with Crippen LogP contribution < -0.4 is 4.74 Å². The molecule has 0 amide bonds. The fraction of sp³-hybridized carbons (Fsp3) is 0.500. The Morgan fingerprint density at radius 1 is 0.938 bits per heavy atom. The van der Waals surface area contributed by atoms with Crippen LogP contribution in [0.15, 0.2) is 48.5 Å². The van der Waals surface area contributed by atoms with Crippen LogP contribution in [0.25, 0.3) is 10.1 Å². The first kappa shape index (κ1) is 23.2. The summed E-state index contributed by atoms with van der Waals surface area (Å²) in [7, 11) is 0. The standard InChI is InChI=1S/C28H34F2OS/c1-3-5-7-26-18-23-14-17-25(19-27(23)32-26)31-28(29,30)24-15-12-22(13-16-24)21-10-8-20(6-4-2)9-11-21/h12-21H,3-11H2,1-2H3. The molecule has 172 valence electrons. The van der Waals surface area contributed by atoms with Crippen molar-refractivity contribution in [2.75, 3.05) is 0 Å². The van der Waals surface area contributed by atoms with Crippen molar-refractivity contribution in [1.29, 1.82) is 0 Å². The third-order valence-corrected chi connectivity index (χ3v) is 7.98. The highest BCUT2D eigenvalue weighted by molar-refractivity contribution is 7.19. The summed E-state index contributed by atoms with van der Waals surface area (Å²) in [5, 5.41) is 1.09. The van der Waals surface area contributed by atoms with E-state index in [9.17, 15) is 8.78 Å². The molecule has 0 atom stereocenters. The molecule has 4 rings (SSSR count). The van der Waals surface area contributed by atoms with E-state index in [-0.39, 0.29) is 11.3 Å². The molecular weight excluding hydrogens is 422 g/mol. The normalized spacial score (nSPS) is 19.4. The van der Waals surface area contributed by atoms with Crippen molar-refractivity contribution in [3.05, 3.63) is 64.5 Å². The average molecular weight is 457 g/mol. The van der Waals surface area contributed by atoms with E-state index < -0.39 is 6.11 Å². The SMILES string of the molecule is CCCCc1cc2ccc(OC(F)(F)c3ccc(C4CCC(CCC)CC4)cc3)cc2s1. The monoisotopic (exact) mass is 456 g/mol. The smallest absolute Gasteiger partial charge is 0.426 e. The van der Waals surface area contributed by atoms with Gasteiger partial charge in [-0.25, -0.2) is 0 Å². The van der Waals surface area contributed by atoms with E-state index in [2.05, 4.69) is 19.9 Å². The lowest BCUT2D eigenvalue weighted by Crippen LogP contribution is -2.22. The van der Waals surface area contributed by atoms with Gasteiger partial charge in [-0.3, -0.25) is 0 Å². The lowest BCUT2D eigenvalue weighted by Gasteiger charge is -2.29. The molecule has 0 N–H and O–H groups in total. The lowest BCUT2D eigenvalue weighted by atomic mass is 9.77. The highest BCUT2D eigenvalue weighted by Crippen LogP contribution is 2.39. The first-order valence-electron chi connectivity index (χ1n) is 12.2. The molecule has 1 aliphatic rings.